The molecule has 1 aliphatic carbocycles. The average Bonchev–Trinajstić information content (AvgIpc) is 2.93. The first-order chi connectivity index (χ1) is 18.5. The van der Waals surface area contributed by atoms with Gasteiger partial charge in [0, 0.05) is 48.6 Å². The number of aromatic hydroxyl groups is 1. The molecule has 1 aliphatic rings. The molecule has 4 N–H and O–H groups in total. The second-order valence-corrected chi connectivity index (χ2v) is 10.5. The predicted octanol–water partition coefficient (Wildman–Crippen LogP) is 4.40. The molecule has 0 radical (unpaired) electrons. The van der Waals surface area contributed by atoms with E-state index in [2.05, 4.69) is 20.5 Å². The second-order valence-electron chi connectivity index (χ2n) is 10.1. The fourth-order valence-electron chi connectivity index (χ4n) is 5.31. The number of H-pyrrole nitrogens is 1. The summed E-state index contributed by atoms with van der Waals surface area (Å²) in [5, 5.41) is 18.6. The Balaban J connectivity index is 1.22. The third-order valence-electron chi connectivity index (χ3n) is 7.42. The van der Waals surface area contributed by atoms with Gasteiger partial charge in [-0.25, -0.2) is 0 Å². The molecule has 1 aromatic heterocycles. The summed E-state index contributed by atoms with van der Waals surface area (Å²) in [6.45, 7) is 3.70. The molecular formula is C30H39ClN4O3. The molecular weight excluding hydrogens is 500 g/mol. The van der Waals surface area contributed by atoms with E-state index in [4.69, 9.17) is 11.6 Å². The zero-order valence-electron chi connectivity index (χ0n) is 22.0. The van der Waals surface area contributed by atoms with Crippen LogP contribution in [0.25, 0.3) is 10.9 Å². The Morgan fingerprint density at radius 3 is 2.45 bits per heavy atom. The molecule has 0 bridgehead atoms. The number of benzene rings is 2. The van der Waals surface area contributed by atoms with Crippen LogP contribution in [0, 0.1) is 0 Å². The zero-order chi connectivity index (χ0) is 26.7. The normalized spacial score (nSPS) is 14.1. The highest BCUT2D eigenvalue weighted by atomic mass is 35.5. The van der Waals surface area contributed by atoms with Crippen LogP contribution >= 0.6 is 11.6 Å². The summed E-state index contributed by atoms with van der Waals surface area (Å²) in [7, 11) is 0. The fourth-order valence-corrected chi connectivity index (χ4v) is 5.44. The monoisotopic (exact) mass is 538 g/mol. The number of pyridine rings is 1. The Morgan fingerprint density at radius 1 is 0.921 bits per heavy atom. The lowest BCUT2D eigenvalue weighted by atomic mass is 9.94. The quantitative estimate of drug-likeness (QED) is 0.242. The van der Waals surface area contributed by atoms with Crippen molar-refractivity contribution in [2.45, 2.75) is 57.4 Å². The van der Waals surface area contributed by atoms with Crippen molar-refractivity contribution >= 4 is 28.4 Å². The van der Waals surface area contributed by atoms with Crippen LogP contribution in [-0.4, -0.2) is 59.7 Å². The van der Waals surface area contributed by atoms with Crippen molar-refractivity contribution in [2.75, 3.05) is 32.7 Å². The first kappa shape index (κ1) is 28.1. The van der Waals surface area contributed by atoms with Gasteiger partial charge in [-0.05, 0) is 74.2 Å². The molecule has 8 heteroatoms. The van der Waals surface area contributed by atoms with Crippen LogP contribution in [0.5, 0.6) is 5.75 Å². The summed E-state index contributed by atoms with van der Waals surface area (Å²) < 4.78 is 0. The number of hydrogen-bond acceptors (Lipinski definition) is 5. The number of rotatable bonds is 13. The molecule has 0 unspecified atom stereocenters. The molecule has 1 heterocycles. The molecule has 0 atom stereocenters. The van der Waals surface area contributed by atoms with Gasteiger partial charge >= 0.3 is 0 Å². The van der Waals surface area contributed by atoms with Crippen molar-refractivity contribution in [3.63, 3.8) is 0 Å². The Bertz CT molecular complexity index is 1240. The SMILES string of the molecule is O=C(CCNCCc1ccc(Cl)cc1)N(CCNCCc1ccc(O)c2[nH]c(=O)ccc12)C1CCCCC1. The van der Waals surface area contributed by atoms with Gasteiger partial charge in [0.25, 0.3) is 0 Å². The maximum absolute atomic E-state index is 13.2. The van der Waals surface area contributed by atoms with Crippen molar-refractivity contribution in [3.8, 4) is 5.75 Å². The van der Waals surface area contributed by atoms with E-state index in [-0.39, 0.29) is 17.2 Å². The fraction of sp³-hybridized carbons (Fsp3) is 0.467. The van der Waals surface area contributed by atoms with Crippen LogP contribution in [0.15, 0.2) is 53.3 Å². The van der Waals surface area contributed by atoms with Gasteiger partial charge < -0.3 is 25.6 Å². The van der Waals surface area contributed by atoms with E-state index in [0.29, 0.717) is 31.1 Å². The van der Waals surface area contributed by atoms with Gasteiger partial charge in [-0.2, -0.15) is 0 Å². The average molecular weight is 539 g/mol. The number of fused-ring (bicyclic) bond motifs is 1. The molecule has 204 valence electrons. The number of phenolic OH excluding ortho intramolecular Hbond substituents is 1. The van der Waals surface area contributed by atoms with Crippen LogP contribution < -0.4 is 16.2 Å². The predicted molar refractivity (Wildman–Crippen MR) is 154 cm³/mol. The Hall–Kier alpha value is -2.87. The lowest BCUT2D eigenvalue weighted by Gasteiger charge is -2.34. The lowest BCUT2D eigenvalue weighted by molar-refractivity contribution is -0.134. The standard InChI is InChI=1S/C30H39ClN4O3/c31-24-9-6-22(7-10-24)14-17-32-19-16-29(38)35(25-4-2-1-3-5-25)21-20-33-18-15-23-8-12-27(36)30-26(23)11-13-28(37)34-30/h6-13,25,32-33,36H,1-5,14-21H2,(H,34,37). The van der Waals surface area contributed by atoms with E-state index in [1.54, 1.807) is 12.1 Å². The summed E-state index contributed by atoms with van der Waals surface area (Å²) in [5.74, 6) is 0.307. The van der Waals surface area contributed by atoms with E-state index in [0.717, 1.165) is 61.3 Å². The number of amides is 1. The van der Waals surface area contributed by atoms with Crippen molar-refractivity contribution in [1.82, 2.24) is 20.5 Å². The third-order valence-corrected chi connectivity index (χ3v) is 7.67. The number of nitrogens with zero attached hydrogens (tertiary/aromatic N) is 1. The van der Waals surface area contributed by atoms with Crippen LogP contribution in [0.3, 0.4) is 0 Å². The van der Waals surface area contributed by atoms with E-state index in [1.165, 1.54) is 30.9 Å². The van der Waals surface area contributed by atoms with Crippen LogP contribution in [0.4, 0.5) is 0 Å². The van der Waals surface area contributed by atoms with Crippen LogP contribution in [0.1, 0.15) is 49.7 Å². The van der Waals surface area contributed by atoms with E-state index >= 15 is 0 Å². The molecule has 2 aromatic carbocycles. The first-order valence-corrected chi connectivity index (χ1v) is 14.2. The number of carbonyl (C=O) groups is 1. The first-order valence-electron chi connectivity index (χ1n) is 13.8. The summed E-state index contributed by atoms with van der Waals surface area (Å²) in [5.41, 5.74) is 2.54. The molecule has 1 fully saturated rings. The van der Waals surface area contributed by atoms with Crippen molar-refractivity contribution in [1.29, 1.82) is 0 Å². The van der Waals surface area contributed by atoms with E-state index < -0.39 is 0 Å². The summed E-state index contributed by atoms with van der Waals surface area (Å²) in [6, 6.07) is 15.0. The van der Waals surface area contributed by atoms with Gasteiger partial charge in [0.1, 0.15) is 5.75 Å². The van der Waals surface area contributed by atoms with Crippen LogP contribution in [0.2, 0.25) is 5.02 Å². The minimum absolute atomic E-state index is 0.0792. The van der Waals surface area contributed by atoms with Gasteiger partial charge in [0.05, 0.1) is 5.52 Å². The molecule has 4 rings (SSSR count). The summed E-state index contributed by atoms with van der Waals surface area (Å²) in [6.07, 6.45) is 8.00. The number of halogens is 1. The maximum Gasteiger partial charge on any atom is 0.248 e. The molecule has 38 heavy (non-hydrogen) atoms. The van der Waals surface area contributed by atoms with Crippen molar-refractivity contribution in [2.24, 2.45) is 0 Å². The number of phenols is 1. The molecule has 0 saturated heterocycles. The maximum atomic E-state index is 13.2. The molecule has 3 aromatic rings. The number of aromatic amines is 1. The highest BCUT2D eigenvalue weighted by molar-refractivity contribution is 6.30. The van der Waals surface area contributed by atoms with Gasteiger partial charge in [0.15, 0.2) is 0 Å². The smallest absolute Gasteiger partial charge is 0.248 e. The highest BCUT2D eigenvalue weighted by Gasteiger charge is 2.24. The summed E-state index contributed by atoms with van der Waals surface area (Å²) >= 11 is 5.96. The minimum Gasteiger partial charge on any atom is -0.506 e. The lowest BCUT2D eigenvalue weighted by Crippen LogP contribution is -2.45. The minimum atomic E-state index is -0.229. The van der Waals surface area contributed by atoms with E-state index in [1.807, 2.05) is 30.3 Å². The number of aromatic nitrogens is 1. The summed E-state index contributed by atoms with van der Waals surface area (Å²) in [4.78, 5) is 29.7. The zero-order valence-corrected chi connectivity index (χ0v) is 22.7. The Kier molecular flexibility index (Phi) is 10.6. The second kappa shape index (κ2) is 14.3. The van der Waals surface area contributed by atoms with Gasteiger partial charge in [-0.1, -0.05) is 49.1 Å². The number of hydrogen-bond donors (Lipinski definition) is 4. The molecule has 0 spiro atoms. The number of carbonyl (C=O) groups excluding carboxylic acids is 1. The van der Waals surface area contributed by atoms with Gasteiger partial charge in [0.2, 0.25) is 11.5 Å². The number of nitrogens with one attached hydrogen (secondary N) is 3. The molecule has 1 saturated carbocycles. The topological polar surface area (TPSA) is 97.5 Å². The Morgan fingerprint density at radius 2 is 1.66 bits per heavy atom. The molecule has 7 nitrogen and oxygen atoms in total. The largest absolute Gasteiger partial charge is 0.506 e. The third kappa shape index (κ3) is 8.06. The Labute approximate surface area is 229 Å². The van der Waals surface area contributed by atoms with Crippen LogP contribution in [-0.2, 0) is 17.6 Å². The molecule has 1 amide bonds. The highest BCUT2D eigenvalue weighted by Crippen LogP contribution is 2.25. The van der Waals surface area contributed by atoms with Crippen molar-refractivity contribution < 1.29 is 9.90 Å². The van der Waals surface area contributed by atoms with E-state index in [9.17, 15) is 14.7 Å². The van der Waals surface area contributed by atoms with Crippen molar-refractivity contribution in [3.05, 3.63) is 75.0 Å². The van der Waals surface area contributed by atoms with Gasteiger partial charge in [-0.3, -0.25) is 9.59 Å². The molecule has 0 aliphatic heterocycles. The van der Waals surface area contributed by atoms with Gasteiger partial charge in [-0.15, -0.1) is 0 Å².